The van der Waals surface area contributed by atoms with Gasteiger partial charge in [0.05, 0.1) is 17.0 Å². The van der Waals surface area contributed by atoms with Crippen molar-refractivity contribution in [2.24, 2.45) is 0 Å². The van der Waals surface area contributed by atoms with E-state index >= 15 is 0 Å². The Balaban J connectivity index is 1.48. The lowest BCUT2D eigenvalue weighted by molar-refractivity contribution is -0.173. The molecule has 0 fully saturated rings. The number of nitrogens with zero attached hydrogens (tertiary/aromatic N) is 1. The maximum Gasteiger partial charge on any atom is 0.418 e. The summed E-state index contributed by atoms with van der Waals surface area (Å²) in [5.74, 6) is -2.70. The van der Waals surface area contributed by atoms with Crippen LogP contribution < -0.4 is 10.1 Å². The molecule has 234 valence electrons. The molecule has 4 rings (SSSR count). The fourth-order valence-electron chi connectivity index (χ4n) is 5.25. The Morgan fingerprint density at radius 3 is 2.25 bits per heavy atom. The molecule has 2 aromatic carbocycles. The van der Waals surface area contributed by atoms with Crippen LogP contribution in [0.5, 0.6) is 5.75 Å². The molecular formula is C34H40N2O7S. The second kappa shape index (κ2) is 12.8. The van der Waals surface area contributed by atoms with Gasteiger partial charge in [0.15, 0.2) is 0 Å². The summed E-state index contributed by atoms with van der Waals surface area (Å²) in [5.41, 5.74) is 4.85. The highest BCUT2D eigenvalue weighted by atomic mass is 32.2. The van der Waals surface area contributed by atoms with Crippen molar-refractivity contribution in [3.63, 3.8) is 0 Å². The number of rotatable bonds is 11. The maximum absolute atomic E-state index is 14.1. The second-order valence-electron chi connectivity index (χ2n) is 11.7. The first-order valence-corrected chi connectivity index (χ1v) is 16.0. The van der Waals surface area contributed by atoms with Crippen LogP contribution in [0.25, 0.3) is 5.52 Å². The molecule has 0 amide bonds. The minimum Gasteiger partial charge on any atom is -0.494 e. The monoisotopic (exact) mass is 620 g/mol. The van der Waals surface area contributed by atoms with Gasteiger partial charge in [-0.15, -0.1) is 0 Å². The van der Waals surface area contributed by atoms with Gasteiger partial charge in [-0.05, 0) is 120 Å². The van der Waals surface area contributed by atoms with Gasteiger partial charge in [-0.3, -0.25) is 0 Å². The number of fused-ring (bicyclic) bond motifs is 1. The number of carbonyl (C=O) groups is 2. The van der Waals surface area contributed by atoms with E-state index in [-0.39, 0.29) is 21.4 Å². The van der Waals surface area contributed by atoms with Crippen molar-refractivity contribution >= 4 is 27.3 Å². The third-order valence-electron chi connectivity index (χ3n) is 8.02. The molecule has 2 heterocycles. The summed E-state index contributed by atoms with van der Waals surface area (Å²) >= 11 is 0. The Bertz CT molecular complexity index is 1780. The Morgan fingerprint density at radius 1 is 1.00 bits per heavy atom. The lowest BCUT2D eigenvalue weighted by Crippen LogP contribution is -2.30. The van der Waals surface area contributed by atoms with Crippen LogP contribution >= 0.6 is 0 Å². The van der Waals surface area contributed by atoms with Gasteiger partial charge in [-0.1, -0.05) is 18.2 Å². The molecule has 4 aromatic rings. The van der Waals surface area contributed by atoms with E-state index in [4.69, 9.17) is 14.6 Å². The number of hydrogen-bond donors (Lipinski definition) is 2. The number of aromatic nitrogens is 1. The van der Waals surface area contributed by atoms with Gasteiger partial charge >= 0.3 is 11.9 Å². The molecule has 1 atom stereocenters. The maximum atomic E-state index is 14.1. The van der Waals surface area contributed by atoms with E-state index < -0.39 is 27.4 Å². The van der Waals surface area contributed by atoms with E-state index in [1.165, 1.54) is 48.2 Å². The predicted octanol–water partition coefficient (Wildman–Crippen LogP) is 5.99. The van der Waals surface area contributed by atoms with E-state index in [2.05, 4.69) is 45.1 Å². The van der Waals surface area contributed by atoms with Gasteiger partial charge in [0, 0.05) is 24.0 Å². The van der Waals surface area contributed by atoms with E-state index in [0.29, 0.717) is 23.4 Å². The van der Waals surface area contributed by atoms with Crippen LogP contribution in [0.15, 0.2) is 70.7 Å². The minimum atomic E-state index is -4.13. The summed E-state index contributed by atoms with van der Waals surface area (Å²) in [6.07, 6.45) is 4.00. The third kappa shape index (κ3) is 6.81. The highest BCUT2D eigenvalue weighted by Crippen LogP contribution is 2.39. The Kier molecular flexibility index (Phi) is 9.56. The molecule has 2 N–H and O–H groups in total. The third-order valence-corrected chi connectivity index (χ3v) is 9.86. The van der Waals surface area contributed by atoms with E-state index in [9.17, 15) is 18.0 Å². The van der Waals surface area contributed by atoms with Gasteiger partial charge in [0.2, 0.25) is 9.84 Å². The van der Waals surface area contributed by atoms with Crippen LogP contribution in [0.3, 0.4) is 0 Å². The highest BCUT2D eigenvalue weighted by Gasteiger charge is 2.38. The molecule has 0 aliphatic carbocycles. The Morgan fingerprint density at radius 2 is 1.64 bits per heavy atom. The van der Waals surface area contributed by atoms with Crippen LogP contribution in [0, 0.1) is 27.7 Å². The van der Waals surface area contributed by atoms with Crippen LogP contribution in [-0.4, -0.2) is 43.0 Å². The molecule has 0 bridgehead atoms. The summed E-state index contributed by atoms with van der Waals surface area (Å²) in [6, 6.07) is 14.4. The number of carboxylic acids is 1. The number of aryl methyl sites for hydroxylation is 3. The van der Waals surface area contributed by atoms with Crippen molar-refractivity contribution in [2.75, 3.05) is 13.2 Å². The van der Waals surface area contributed by atoms with Crippen molar-refractivity contribution in [2.45, 2.75) is 76.3 Å². The first-order valence-electron chi connectivity index (χ1n) is 14.5. The smallest absolute Gasteiger partial charge is 0.418 e. The zero-order valence-electron chi connectivity index (χ0n) is 26.2. The number of carbonyl (C=O) groups excluding carboxylic acids is 1. The number of benzene rings is 2. The number of hydrogen-bond acceptors (Lipinski definition) is 7. The van der Waals surface area contributed by atoms with Crippen molar-refractivity contribution in [1.82, 2.24) is 9.72 Å². The number of ether oxygens (including phenoxy) is 2. The normalized spacial score (nSPS) is 12.7. The summed E-state index contributed by atoms with van der Waals surface area (Å²) in [5, 5.41) is 12.6. The molecule has 0 saturated heterocycles. The number of nitrogens with one attached hydrogen (secondary N) is 1. The molecule has 44 heavy (non-hydrogen) atoms. The largest absolute Gasteiger partial charge is 0.494 e. The predicted molar refractivity (Wildman–Crippen MR) is 168 cm³/mol. The van der Waals surface area contributed by atoms with Crippen molar-refractivity contribution < 1.29 is 32.6 Å². The number of esters is 1. The first kappa shape index (κ1) is 32.8. The van der Waals surface area contributed by atoms with E-state index in [1.807, 2.05) is 0 Å². The Hall–Kier alpha value is -4.15. The van der Waals surface area contributed by atoms with Gasteiger partial charge in [-0.25, -0.2) is 18.0 Å². The molecule has 0 saturated carbocycles. The van der Waals surface area contributed by atoms with Crippen molar-refractivity contribution in [3.8, 4) is 5.75 Å². The van der Waals surface area contributed by atoms with Gasteiger partial charge < -0.3 is 24.3 Å². The molecular weight excluding hydrogens is 580 g/mol. The lowest BCUT2D eigenvalue weighted by atomic mass is 9.97. The molecule has 9 nitrogen and oxygen atoms in total. The van der Waals surface area contributed by atoms with Crippen LogP contribution in [0.2, 0.25) is 0 Å². The molecule has 0 aliphatic rings. The minimum absolute atomic E-state index is 0.0296. The number of pyridine rings is 1. The van der Waals surface area contributed by atoms with Gasteiger partial charge in [-0.2, -0.15) is 0 Å². The van der Waals surface area contributed by atoms with E-state index in [0.717, 1.165) is 13.0 Å². The lowest BCUT2D eigenvalue weighted by Gasteiger charge is -2.25. The van der Waals surface area contributed by atoms with Crippen LogP contribution in [0.1, 0.15) is 66.6 Å². The molecule has 0 radical (unpaired) electrons. The number of sulfone groups is 1. The summed E-state index contributed by atoms with van der Waals surface area (Å²) in [7, 11) is -4.13. The number of carboxylic acid groups (broad SMARTS) is 1. The summed E-state index contributed by atoms with van der Waals surface area (Å²) < 4.78 is 40.9. The fourth-order valence-corrected chi connectivity index (χ4v) is 7.09. The number of aliphatic carboxylic acids is 1. The molecule has 10 heteroatoms. The summed E-state index contributed by atoms with van der Waals surface area (Å²) in [6.45, 7) is 14.5. The molecule has 1 unspecified atom stereocenters. The Labute approximate surface area is 258 Å². The topological polar surface area (TPSA) is 123 Å². The SMILES string of the molecule is Cc1cc(C(C)NCCCOc2ccc(S(=O)(=O)c3c(C(C)(C)OC(=O)C(=O)O)cn4cccc(C)c34)cc2)cc(C)c1C. The second-order valence-corrected chi connectivity index (χ2v) is 13.5. The van der Waals surface area contributed by atoms with Crippen molar-refractivity contribution in [3.05, 3.63) is 94.3 Å². The quantitative estimate of drug-likeness (QED) is 0.119. The van der Waals surface area contributed by atoms with Gasteiger partial charge in [0.1, 0.15) is 16.2 Å². The molecule has 0 spiro atoms. The average Bonchev–Trinajstić information content (AvgIpc) is 3.38. The molecule has 0 aliphatic heterocycles. The zero-order chi connectivity index (χ0) is 32.4. The fraction of sp³-hybridized carbons (Fsp3) is 0.353. The highest BCUT2D eigenvalue weighted by molar-refractivity contribution is 7.91. The van der Waals surface area contributed by atoms with Crippen molar-refractivity contribution in [1.29, 1.82) is 0 Å². The summed E-state index contributed by atoms with van der Waals surface area (Å²) in [4.78, 5) is 23.1. The zero-order valence-corrected chi connectivity index (χ0v) is 27.0. The van der Waals surface area contributed by atoms with Crippen LogP contribution in [-0.2, 0) is 29.8 Å². The van der Waals surface area contributed by atoms with Gasteiger partial charge in [0.25, 0.3) is 0 Å². The van der Waals surface area contributed by atoms with Crippen LogP contribution in [0.4, 0.5) is 0 Å². The molecule has 2 aromatic heterocycles. The van der Waals surface area contributed by atoms with E-state index in [1.54, 1.807) is 48.0 Å². The average molecular weight is 621 g/mol. The standard InChI is InChI=1S/C34H40N2O7S/c1-21-10-8-16-36-20-29(34(6,7)43-33(39)32(37)38)31(30(21)36)44(40,41)28-13-11-27(12-14-28)42-17-9-15-35-25(5)26-18-22(2)24(4)23(3)19-26/h8,10-14,16,18-20,25,35H,9,15,17H2,1-7H3,(H,37,38). The first-order chi connectivity index (χ1) is 20.6.